The van der Waals surface area contributed by atoms with Crippen molar-refractivity contribution in [3.63, 3.8) is 0 Å². The van der Waals surface area contributed by atoms with Gasteiger partial charge in [0.25, 0.3) is 11.8 Å². The molecule has 1 atom stereocenters. The molecule has 1 rings (SSSR count). The van der Waals surface area contributed by atoms with E-state index < -0.39 is 23.9 Å². The molecule has 4 amide bonds. The molecule has 1 unspecified atom stereocenters. The number of rotatable bonds is 2. The van der Waals surface area contributed by atoms with E-state index in [0.717, 1.165) is 9.80 Å². The summed E-state index contributed by atoms with van der Waals surface area (Å²) in [6.07, 6.45) is 0. The number of urea groups is 1. The van der Waals surface area contributed by atoms with Crippen LogP contribution in [0.2, 0.25) is 0 Å². The number of nitrogens with zero attached hydrogens (tertiary/aromatic N) is 2. The first-order valence-electron chi connectivity index (χ1n) is 4.34. The van der Waals surface area contributed by atoms with Crippen LogP contribution in [-0.2, 0) is 9.59 Å². The summed E-state index contributed by atoms with van der Waals surface area (Å²) in [5, 5.41) is 2.35. The molecule has 14 heavy (non-hydrogen) atoms. The van der Waals surface area contributed by atoms with Gasteiger partial charge in [0.15, 0.2) is 6.04 Å². The molecule has 0 aromatic heterocycles. The number of hydrogen-bond donors (Lipinski definition) is 1. The summed E-state index contributed by atoms with van der Waals surface area (Å²) >= 11 is 0. The van der Waals surface area contributed by atoms with Crippen LogP contribution in [-0.4, -0.2) is 54.3 Å². The number of nitrogens with one attached hydrogen (secondary N) is 1. The highest BCUT2D eigenvalue weighted by atomic mass is 16.2. The van der Waals surface area contributed by atoms with Gasteiger partial charge in [-0.15, -0.1) is 0 Å². The smallest absolute Gasteiger partial charge is 0.327 e. The van der Waals surface area contributed by atoms with E-state index in [4.69, 9.17) is 0 Å². The van der Waals surface area contributed by atoms with E-state index in [0.29, 0.717) is 0 Å². The van der Waals surface area contributed by atoms with Gasteiger partial charge in [-0.1, -0.05) is 0 Å². The summed E-state index contributed by atoms with van der Waals surface area (Å²) in [6.45, 7) is 1.98. The second-order valence-electron chi connectivity index (χ2n) is 2.99. The molecule has 0 saturated carbocycles. The summed E-state index contributed by atoms with van der Waals surface area (Å²) < 4.78 is 0. The van der Waals surface area contributed by atoms with Crippen LogP contribution in [0.5, 0.6) is 0 Å². The summed E-state index contributed by atoms with van der Waals surface area (Å²) in [5.41, 5.74) is 0. The van der Waals surface area contributed by atoms with Crippen molar-refractivity contribution >= 4 is 17.8 Å². The summed E-state index contributed by atoms with van der Waals surface area (Å²) in [6, 6.07) is -1.43. The standard InChI is InChI=1S/C8H13N3O3/c1-4-11-7(13)5(6(12)9-2)10(3)8(11)14/h5H,4H2,1-3H3,(H,9,12). The molecule has 0 radical (unpaired) electrons. The topological polar surface area (TPSA) is 69.7 Å². The number of imide groups is 1. The maximum absolute atomic E-state index is 11.6. The Balaban J connectivity index is 2.95. The normalized spacial score (nSPS) is 21.8. The highest BCUT2D eigenvalue weighted by molar-refractivity contribution is 6.15. The van der Waals surface area contributed by atoms with Crippen LogP contribution in [0.3, 0.4) is 0 Å². The maximum Gasteiger partial charge on any atom is 0.327 e. The van der Waals surface area contributed by atoms with Crippen LogP contribution < -0.4 is 5.32 Å². The molecule has 6 heteroatoms. The Bertz CT molecular complexity index is 290. The third kappa shape index (κ3) is 1.32. The maximum atomic E-state index is 11.6. The van der Waals surface area contributed by atoms with Gasteiger partial charge in [0.1, 0.15) is 0 Å². The zero-order valence-corrected chi connectivity index (χ0v) is 8.40. The molecule has 1 saturated heterocycles. The molecule has 1 aliphatic heterocycles. The largest absolute Gasteiger partial charge is 0.357 e. The number of carbonyl (C=O) groups excluding carboxylic acids is 3. The molecule has 6 nitrogen and oxygen atoms in total. The van der Waals surface area contributed by atoms with E-state index in [-0.39, 0.29) is 6.54 Å². The summed E-state index contributed by atoms with van der Waals surface area (Å²) in [4.78, 5) is 36.5. The lowest BCUT2D eigenvalue weighted by atomic mass is 10.2. The van der Waals surface area contributed by atoms with Crippen molar-refractivity contribution in [2.75, 3.05) is 20.6 Å². The molecule has 0 bridgehead atoms. The molecule has 78 valence electrons. The van der Waals surface area contributed by atoms with Gasteiger partial charge >= 0.3 is 6.03 Å². The fraction of sp³-hybridized carbons (Fsp3) is 0.625. The van der Waals surface area contributed by atoms with Crippen LogP contribution in [0.25, 0.3) is 0 Å². The first kappa shape index (κ1) is 10.5. The van der Waals surface area contributed by atoms with Crippen molar-refractivity contribution < 1.29 is 14.4 Å². The summed E-state index contributed by atoms with van der Waals surface area (Å²) in [5.74, 6) is -0.916. The van der Waals surface area contributed by atoms with Crippen LogP contribution in [0, 0.1) is 0 Å². The van der Waals surface area contributed by atoms with Gasteiger partial charge in [-0.2, -0.15) is 0 Å². The van der Waals surface area contributed by atoms with Crippen molar-refractivity contribution in [2.45, 2.75) is 13.0 Å². The van der Waals surface area contributed by atoms with E-state index in [1.165, 1.54) is 14.1 Å². The van der Waals surface area contributed by atoms with E-state index in [2.05, 4.69) is 5.32 Å². The fourth-order valence-corrected chi connectivity index (χ4v) is 1.42. The van der Waals surface area contributed by atoms with Gasteiger partial charge in [-0.25, -0.2) is 4.79 Å². The lowest BCUT2D eigenvalue weighted by Gasteiger charge is -2.13. The number of hydrogen-bond acceptors (Lipinski definition) is 3. The minimum absolute atomic E-state index is 0.287. The van der Waals surface area contributed by atoms with E-state index in [9.17, 15) is 14.4 Å². The average molecular weight is 199 g/mol. The Hall–Kier alpha value is -1.59. The predicted molar refractivity (Wildman–Crippen MR) is 48.4 cm³/mol. The average Bonchev–Trinajstić information content (AvgIpc) is 2.38. The van der Waals surface area contributed by atoms with Gasteiger partial charge in [-0.05, 0) is 6.92 Å². The van der Waals surface area contributed by atoms with Crippen LogP contribution >= 0.6 is 0 Å². The van der Waals surface area contributed by atoms with Gasteiger partial charge in [0.2, 0.25) is 0 Å². The van der Waals surface area contributed by atoms with Crippen molar-refractivity contribution in [1.29, 1.82) is 0 Å². The second-order valence-corrected chi connectivity index (χ2v) is 2.99. The quantitative estimate of drug-likeness (QED) is 0.459. The Morgan fingerprint density at radius 3 is 2.43 bits per heavy atom. The molecule has 0 spiro atoms. The van der Waals surface area contributed by atoms with Crippen molar-refractivity contribution in [1.82, 2.24) is 15.1 Å². The van der Waals surface area contributed by atoms with Crippen LogP contribution in [0.4, 0.5) is 4.79 Å². The highest BCUT2D eigenvalue weighted by Gasteiger charge is 2.45. The molecule has 0 aliphatic carbocycles. The first-order chi connectivity index (χ1) is 6.54. The van der Waals surface area contributed by atoms with Crippen molar-refractivity contribution in [2.24, 2.45) is 0 Å². The Morgan fingerprint density at radius 2 is 2.07 bits per heavy atom. The number of carbonyl (C=O) groups is 3. The molecule has 1 heterocycles. The zero-order chi connectivity index (χ0) is 10.9. The summed E-state index contributed by atoms with van der Waals surface area (Å²) in [7, 11) is 2.87. The first-order valence-corrected chi connectivity index (χ1v) is 4.34. The fourth-order valence-electron chi connectivity index (χ4n) is 1.42. The Morgan fingerprint density at radius 1 is 1.50 bits per heavy atom. The Kier molecular flexibility index (Phi) is 2.73. The molecule has 1 N–H and O–H groups in total. The van der Waals surface area contributed by atoms with E-state index in [1.807, 2.05) is 0 Å². The Labute approximate surface area is 81.8 Å². The highest BCUT2D eigenvalue weighted by Crippen LogP contribution is 2.14. The number of likely N-dealkylation sites (N-methyl/N-ethyl adjacent to an activating group) is 3. The third-order valence-corrected chi connectivity index (χ3v) is 2.23. The third-order valence-electron chi connectivity index (χ3n) is 2.23. The van der Waals surface area contributed by atoms with Gasteiger partial charge in [-0.3, -0.25) is 14.5 Å². The SMILES string of the molecule is CCN1C(=O)C(C(=O)NC)N(C)C1=O. The minimum Gasteiger partial charge on any atom is -0.357 e. The minimum atomic E-state index is -1.01. The zero-order valence-electron chi connectivity index (χ0n) is 8.40. The van der Waals surface area contributed by atoms with E-state index in [1.54, 1.807) is 6.92 Å². The van der Waals surface area contributed by atoms with E-state index >= 15 is 0 Å². The molecule has 1 fully saturated rings. The monoisotopic (exact) mass is 199 g/mol. The van der Waals surface area contributed by atoms with Gasteiger partial charge < -0.3 is 10.2 Å². The molecule has 0 aromatic carbocycles. The predicted octanol–water partition coefficient (Wildman–Crippen LogP) is -0.985. The molecule has 0 aromatic rings. The van der Waals surface area contributed by atoms with Crippen LogP contribution in [0.1, 0.15) is 6.92 Å². The van der Waals surface area contributed by atoms with Crippen LogP contribution in [0.15, 0.2) is 0 Å². The molecule has 1 aliphatic rings. The van der Waals surface area contributed by atoms with Crippen molar-refractivity contribution in [3.8, 4) is 0 Å². The van der Waals surface area contributed by atoms with Gasteiger partial charge in [0, 0.05) is 20.6 Å². The lowest BCUT2D eigenvalue weighted by molar-refractivity contribution is -0.135. The second kappa shape index (κ2) is 3.65. The van der Waals surface area contributed by atoms with Gasteiger partial charge in [0.05, 0.1) is 0 Å². The lowest BCUT2D eigenvalue weighted by Crippen LogP contribution is -2.44. The molecular weight excluding hydrogens is 186 g/mol. The van der Waals surface area contributed by atoms with Crippen molar-refractivity contribution in [3.05, 3.63) is 0 Å². The number of amides is 4. The molecular formula is C8H13N3O3.